The van der Waals surface area contributed by atoms with Gasteiger partial charge in [-0.15, -0.1) is 0 Å². The maximum absolute atomic E-state index is 9.29. The normalized spacial score (nSPS) is 17.4. The van der Waals surface area contributed by atoms with E-state index in [9.17, 15) is 5.11 Å². The van der Waals surface area contributed by atoms with Crippen molar-refractivity contribution < 1.29 is 5.11 Å². The molecule has 0 aromatic heterocycles. The van der Waals surface area contributed by atoms with Gasteiger partial charge < -0.3 is 15.7 Å². The maximum atomic E-state index is 9.29. The van der Waals surface area contributed by atoms with Crippen LogP contribution in [0.2, 0.25) is 5.02 Å². The summed E-state index contributed by atoms with van der Waals surface area (Å²) in [4.78, 5) is 0. The predicted octanol–water partition coefficient (Wildman–Crippen LogP) is 2.00. The van der Waals surface area contributed by atoms with Crippen LogP contribution >= 0.6 is 11.6 Å². The molecule has 88 valence electrons. The van der Waals surface area contributed by atoms with Crippen LogP contribution in [0.5, 0.6) is 0 Å². The Morgan fingerprint density at radius 3 is 2.81 bits per heavy atom. The summed E-state index contributed by atoms with van der Waals surface area (Å²) in [6, 6.07) is 6.16. The van der Waals surface area contributed by atoms with Gasteiger partial charge in [0.05, 0.1) is 6.61 Å². The van der Waals surface area contributed by atoms with E-state index in [1.54, 1.807) is 6.07 Å². The molecule has 0 aliphatic carbocycles. The van der Waals surface area contributed by atoms with Crippen molar-refractivity contribution in [2.24, 2.45) is 0 Å². The van der Waals surface area contributed by atoms with E-state index >= 15 is 0 Å². The average Bonchev–Trinajstić information content (AvgIpc) is 2.31. The molecule has 1 aromatic carbocycles. The van der Waals surface area contributed by atoms with Crippen LogP contribution in [0.15, 0.2) is 18.2 Å². The Morgan fingerprint density at radius 1 is 1.38 bits per heavy atom. The van der Waals surface area contributed by atoms with E-state index in [1.165, 1.54) is 0 Å². The van der Waals surface area contributed by atoms with Crippen LogP contribution < -0.4 is 10.6 Å². The zero-order valence-corrected chi connectivity index (χ0v) is 9.93. The number of benzene rings is 1. The van der Waals surface area contributed by atoms with Crippen LogP contribution in [0.4, 0.5) is 5.69 Å². The van der Waals surface area contributed by atoms with Gasteiger partial charge in [0.1, 0.15) is 0 Å². The van der Waals surface area contributed by atoms with Crippen molar-refractivity contribution in [2.45, 2.75) is 25.5 Å². The van der Waals surface area contributed by atoms with Crippen LogP contribution in [0, 0.1) is 0 Å². The van der Waals surface area contributed by atoms with Crippen molar-refractivity contribution in [3.05, 3.63) is 28.8 Å². The molecule has 16 heavy (non-hydrogen) atoms. The Kier molecular flexibility index (Phi) is 4.04. The van der Waals surface area contributed by atoms with Crippen molar-refractivity contribution in [1.29, 1.82) is 0 Å². The molecule has 1 saturated heterocycles. The number of anilines is 1. The Bertz CT molecular complexity index is 351. The third-order valence-electron chi connectivity index (χ3n) is 2.98. The number of halogens is 1. The number of rotatable bonds is 3. The topological polar surface area (TPSA) is 44.3 Å². The molecule has 0 radical (unpaired) electrons. The number of hydrogen-bond donors (Lipinski definition) is 3. The molecule has 1 aromatic rings. The van der Waals surface area contributed by atoms with Gasteiger partial charge in [-0.3, -0.25) is 0 Å². The van der Waals surface area contributed by atoms with Gasteiger partial charge in [-0.1, -0.05) is 17.7 Å². The number of aliphatic hydroxyl groups is 1. The van der Waals surface area contributed by atoms with Gasteiger partial charge in [-0.05, 0) is 38.1 Å². The lowest BCUT2D eigenvalue weighted by Gasteiger charge is -2.25. The number of piperidine rings is 1. The molecule has 0 atom stereocenters. The first-order valence-corrected chi connectivity index (χ1v) is 6.04. The number of hydrogen-bond acceptors (Lipinski definition) is 3. The Balaban J connectivity index is 2.10. The summed E-state index contributed by atoms with van der Waals surface area (Å²) in [7, 11) is 0. The maximum Gasteiger partial charge on any atom is 0.0716 e. The second-order valence-corrected chi connectivity index (χ2v) is 4.50. The Hall–Kier alpha value is -0.770. The molecule has 1 aliphatic heterocycles. The van der Waals surface area contributed by atoms with E-state index in [4.69, 9.17) is 11.6 Å². The van der Waals surface area contributed by atoms with Gasteiger partial charge in [0.2, 0.25) is 0 Å². The van der Waals surface area contributed by atoms with Gasteiger partial charge >= 0.3 is 0 Å². The van der Waals surface area contributed by atoms with Gasteiger partial charge in [0.25, 0.3) is 0 Å². The van der Waals surface area contributed by atoms with Crippen LogP contribution in [0.25, 0.3) is 0 Å². The highest BCUT2D eigenvalue weighted by Gasteiger charge is 2.14. The standard InChI is InChI=1S/C12H17ClN2O/c13-11-2-1-3-12(10(11)8-16)15-9-4-6-14-7-5-9/h1-3,9,14-16H,4-8H2. The Morgan fingerprint density at radius 2 is 2.12 bits per heavy atom. The van der Waals surface area contributed by atoms with Gasteiger partial charge in [0, 0.05) is 22.3 Å². The summed E-state index contributed by atoms with van der Waals surface area (Å²) in [6.45, 7) is 2.08. The molecule has 0 unspecified atom stereocenters. The lowest BCUT2D eigenvalue weighted by molar-refractivity contribution is 0.282. The summed E-state index contributed by atoms with van der Waals surface area (Å²) in [5.41, 5.74) is 1.75. The molecule has 1 heterocycles. The summed E-state index contributed by atoms with van der Waals surface area (Å²) in [5.74, 6) is 0. The molecule has 1 fully saturated rings. The lowest BCUT2D eigenvalue weighted by atomic mass is 10.1. The Labute approximate surface area is 101 Å². The fourth-order valence-corrected chi connectivity index (χ4v) is 2.28. The summed E-state index contributed by atoms with van der Waals surface area (Å²) < 4.78 is 0. The van der Waals surface area contributed by atoms with Crippen molar-refractivity contribution in [3.8, 4) is 0 Å². The molecule has 3 nitrogen and oxygen atoms in total. The van der Waals surface area contributed by atoms with Gasteiger partial charge in [-0.25, -0.2) is 0 Å². The van der Waals surface area contributed by atoms with E-state index in [2.05, 4.69) is 10.6 Å². The van der Waals surface area contributed by atoms with Crippen molar-refractivity contribution in [1.82, 2.24) is 5.32 Å². The van der Waals surface area contributed by atoms with Gasteiger partial charge in [-0.2, -0.15) is 0 Å². The SMILES string of the molecule is OCc1c(Cl)cccc1NC1CCNCC1. The molecule has 0 bridgehead atoms. The summed E-state index contributed by atoms with van der Waals surface area (Å²) >= 11 is 6.03. The highest BCUT2D eigenvalue weighted by Crippen LogP contribution is 2.25. The molecule has 3 N–H and O–H groups in total. The number of aliphatic hydroxyl groups excluding tert-OH is 1. The zero-order valence-electron chi connectivity index (χ0n) is 9.17. The fraction of sp³-hybridized carbons (Fsp3) is 0.500. The molecular formula is C12H17ClN2O. The van der Waals surface area contributed by atoms with Gasteiger partial charge in [0.15, 0.2) is 0 Å². The van der Waals surface area contributed by atoms with Crippen molar-refractivity contribution in [3.63, 3.8) is 0 Å². The summed E-state index contributed by atoms with van der Waals surface area (Å²) in [6.07, 6.45) is 2.22. The van der Waals surface area contributed by atoms with Crippen LogP contribution in [0.1, 0.15) is 18.4 Å². The number of nitrogens with one attached hydrogen (secondary N) is 2. The largest absolute Gasteiger partial charge is 0.392 e. The molecule has 0 spiro atoms. The van der Waals surface area contributed by atoms with E-state index in [-0.39, 0.29) is 6.61 Å². The molecule has 4 heteroatoms. The quantitative estimate of drug-likeness (QED) is 0.757. The molecule has 1 aliphatic rings. The fourth-order valence-electron chi connectivity index (χ4n) is 2.04. The summed E-state index contributed by atoms with van der Waals surface area (Å²) in [5, 5.41) is 16.7. The smallest absolute Gasteiger partial charge is 0.0716 e. The predicted molar refractivity (Wildman–Crippen MR) is 66.9 cm³/mol. The third-order valence-corrected chi connectivity index (χ3v) is 3.33. The average molecular weight is 241 g/mol. The molecule has 2 rings (SSSR count). The highest BCUT2D eigenvalue weighted by molar-refractivity contribution is 6.31. The molecular weight excluding hydrogens is 224 g/mol. The first kappa shape index (κ1) is 11.7. The second kappa shape index (κ2) is 5.53. The minimum atomic E-state index is -0.0209. The van der Waals surface area contributed by atoms with Crippen LogP contribution in [0.3, 0.4) is 0 Å². The van der Waals surface area contributed by atoms with Crippen molar-refractivity contribution >= 4 is 17.3 Å². The van der Waals surface area contributed by atoms with Crippen LogP contribution in [-0.4, -0.2) is 24.2 Å². The second-order valence-electron chi connectivity index (χ2n) is 4.09. The minimum Gasteiger partial charge on any atom is -0.392 e. The van der Waals surface area contributed by atoms with Crippen molar-refractivity contribution in [2.75, 3.05) is 18.4 Å². The highest BCUT2D eigenvalue weighted by atomic mass is 35.5. The molecule has 0 saturated carbocycles. The first-order chi connectivity index (χ1) is 7.81. The molecule has 0 amide bonds. The van der Waals surface area contributed by atoms with Crippen LogP contribution in [-0.2, 0) is 6.61 Å². The van der Waals surface area contributed by atoms with E-state index < -0.39 is 0 Å². The minimum absolute atomic E-state index is 0.0209. The zero-order chi connectivity index (χ0) is 11.4. The first-order valence-electron chi connectivity index (χ1n) is 5.67. The lowest BCUT2D eigenvalue weighted by Crippen LogP contribution is -2.35. The monoisotopic (exact) mass is 240 g/mol. The third kappa shape index (κ3) is 2.67. The van der Waals surface area contributed by atoms with E-state index in [1.807, 2.05) is 12.1 Å². The van der Waals surface area contributed by atoms with E-state index in [0.717, 1.165) is 37.2 Å². The van der Waals surface area contributed by atoms with E-state index in [0.29, 0.717) is 11.1 Å².